The van der Waals surface area contributed by atoms with Crippen LogP contribution in [-0.4, -0.2) is 29.0 Å². The van der Waals surface area contributed by atoms with Crippen molar-refractivity contribution in [1.82, 2.24) is 10.3 Å². The van der Waals surface area contributed by atoms with Crippen LogP contribution in [0, 0.1) is 12.3 Å². The van der Waals surface area contributed by atoms with E-state index in [1.165, 1.54) is 42.9 Å². The number of amidine groups is 1. The quantitative estimate of drug-likeness (QED) is 0.926. The lowest BCUT2D eigenvalue weighted by molar-refractivity contribution is 0.232. The highest BCUT2D eigenvalue weighted by atomic mass is 32.2. The van der Waals surface area contributed by atoms with Gasteiger partial charge in [-0.3, -0.25) is 4.99 Å². The largest absolute Gasteiger partial charge is 0.365 e. The molecule has 3 nitrogen and oxygen atoms in total. The molecule has 0 radical (unpaired) electrons. The van der Waals surface area contributed by atoms with Gasteiger partial charge in [0.05, 0.1) is 5.01 Å². The Morgan fingerprint density at radius 1 is 1.30 bits per heavy atom. The van der Waals surface area contributed by atoms with Crippen molar-refractivity contribution in [1.29, 1.82) is 0 Å². The van der Waals surface area contributed by atoms with Crippen molar-refractivity contribution in [2.24, 2.45) is 10.4 Å². The first kappa shape index (κ1) is 14.4. The zero-order valence-corrected chi connectivity index (χ0v) is 13.8. The maximum absolute atomic E-state index is 4.79. The third-order valence-corrected chi connectivity index (χ3v) is 6.60. The fourth-order valence-corrected chi connectivity index (χ4v) is 5.02. The highest BCUT2D eigenvalue weighted by Crippen LogP contribution is 2.41. The van der Waals surface area contributed by atoms with Crippen molar-refractivity contribution < 1.29 is 0 Å². The van der Waals surface area contributed by atoms with Gasteiger partial charge in [0.2, 0.25) is 0 Å². The molecular formula is C15H23N3S2. The summed E-state index contributed by atoms with van der Waals surface area (Å²) in [5.74, 6) is 1.26. The number of rotatable bonds is 3. The van der Waals surface area contributed by atoms with Crippen LogP contribution in [0.25, 0.3) is 0 Å². The van der Waals surface area contributed by atoms with E-state index in [9.17, 15) is 0 Å². The van der Waals surface area contributed by atoms with E-state index in [0.29, 0.717) is 5.41 Å². The first-order valence-corrected chi connectivity index (χ1v) is 9.44. The van der Waals surface area contributed by atoms with Crippen LogP contribution in [0.15, 0.2) is 10.4 Å². The molecule has 1 saturated carbocycles. The summed E-state index contributed by atoms with van der Waals surface area (Å²) in [6, 6.07) is 0. The van der Waals surface area contributed by atoms with E-state index in [-0.39, 0.29) is 0 Å². The highest BCUT2D eigenvalue weighted by Gasteiger charge is 2.34. The summed E-state index contributed by atoms with van der Waals surface area (Å²) >= 11 is 3.69. The van der Waals surface area contributed by atoms with E-state index in [0.717, 1.165) is 30.4 Å². The zero-order chi connectivity index (χ0) is 13.8. The second kappa shape index (κ2) is 6.48. The smallest absolute Gasteiger partial charge is 0.156 e. The third kappa shape index (κ3) is 3.55. The molecule has 20 heavy (non-hydrogen) atoms. The Bertz CT molecular complexity index is 475. The number of aliphatic imine (C=N–C) groups is 1. The van der Waals surface area contributed by atoms with Crippen molar-refractivity contribution in [3.8, 4) is 0 Å². The molecule has 1 N–H and O–H groups in total. The summed E-state index contributed by atoms with van der Waals surface area (Å²) in [5, 5.41) is 7.97. The summed E-state index contributed by atoms with van der Waals surface area (Å²) in [7, 11) is 0. The molecule has 3 rings (SSSR count). The van der Waals surface area contributed by atoms with Crippen LogP contribution >= 0.6 is 23.1 Å². The van der Waals surface area contributed by atoms with Gasteiger partial charge in [0.25, 0.3) is 0 Å². The molecule has 0 aromatic carbocycles. The fourth-order valence-electron chi connectivity index (χ4n) is 3.06. The molecule has 1 aliphatic heterocycles. The number of hydrogen-bond donors (Lipinski definition) is 1. The van der Waals surface area contributed by atoms with Gasteiger partial charge in [-0.05, 0) is 25.2 Å². The molecule has 0 amide bonds. The Morgan fingerprint density at radius 3 is 2.80 bits per heavy atom. The molecule has 1 aliphatic carbocycles. The van der Waals surface area contributed by atoms with E-state index in [2.05, 4.69) is 22.6 Å². The molecule has 0 unspecified atom stereocenters. The van der Waals surface area contributed by atoms with E-state index < -0.39 is 0 Å². The third-order valence-electron chi connectivity index (χ3n) is 4.27. The van der Waals surface area contributed by atoms with Gasteiger partial charge in [0, 0.05) is 36.3 Å². The molecule has 110 valence electrons. The number of aryl methyl sites for hydroxylation is 1. The average Bonchev–Trinajstić information content (AvgIpc) is 2.88. The van der Waals surface area contributed by atoms with E-state index in [1.807, 2.05) is 11.8 Å². The van der Waals surface area contributed by atoms with Gasteiger partial charge in [0.1, 0.15) is 0 Å². The van der Waals surface area contributed by atoms with Gasteiger partial charge in [-0.25, -0.2) is 4.98 Å². The van der Waals surface area contributed by atoms with Gasteiger partial charge in [-0.2, -0.15) is 0 Å². The highest BCUT2D eigenvalue weighted by molar-refractivity contribution is 8.13. The van der Waals surface area contributed by atoms with Crippen molar-refractivity contribution in [2.75, 3.05) is 18.8 Å². The topological polar surface area (TPSA) is 37.3 Å². The van der Waals surface area contributed by atoms with Crippen LogP contribution in [0.1, 0.15) is 42.8 Å². The molecule has 1 fully saturated rings. The average molecular weight is 310 g/mol. The van der Waals surface area contributed by atoms with Crippen molar-refractivity contribution in [2.45, 2.75) is 45.4 Å². The van der Waals surface area contributed by atoms with Gasteiger partial charge >= 0.3 is 0 Å². The maximum Gasteiger partial charge on any atom is 0.156 e. The maximum atomic E-state index is 4.79. The normalized spacial score (nSPS) is 21.8. The number of nitrogens with zero attached hydrogens (tertiary/aromatic N) is 2. The van der Waals surface area contributed by atoms with Crippen LogP contribution < -0.4 is 5.32 Å². The summed E-state index contributed by atoms with van der Waals surface area (Å²) in [4.78, 5) is 9.29. The first-order chi connectivity index (χ1) is 9.76. The lowest BCUT2D eigenvalue weighted by atomic mass is 9.75. The first-order valence-electron chi connectivity index (χ1n) is 7.58. The molecule has 0 atom stereocenters. The van der Waals surface area contributed by atoms with E-state index in [1.54, 1.807) is 11.3 Å². The number of hydrogen-bond acceptors (Lipinski definition) is 5. The Balaban J connectivity index is 1.45. The minimum absolute atomic E-state index is 0.528. The zero-order valence-electron chi connectivity index (χ0n) is 12.2. The Kier molecular flexibility index (Phi) is 4.66. The Labute approximate surface area is 129 Å². The molecule has 1 aromatic heterocycles. The van der Waals surface area contributed by atoms with E-state index in [4.69, 9.17) is 4.99 Å². The summed E-state index contributed by atoms with van der Waals surface area (Å²) in [6.45, 7) is 4.04. The number of nitrogens with one attached hydrogen (secondary N) is 1. The molecular weight excluding hydrogens is 286 g/mol. The number of aromatic nitrogens is 1. The van der Waals surface area contributed by atoms with Crippen LogP contribution in [-0.2, 0) is 6.42 Å². The monoisotopic (exact) mass is 309 g/mol. The molecule has 2 heterocycles. The number of thioether (sulfide) groups is 1. The lowest BCUT2D eigenvalue weighted by Crippen LogP contribution is -2.37. The summed E-state index contributed by atoms with van der Waals surface area (Å²) in [5.41, 5.74) is 1.66. The number of thiazole rings is 1. The van der Waals surface area contributed by atoms with Crippen LogP contribution in [0.3, 0.4) is 0 Å². The lowest BCUT2D eigenvalue weighted by Gasteiger charge is -2.38. The van der Waals surface area contributed by atoms with Crippen molar-refractivity contribution in [3.63, 3.8) is 0 Å². The molecule has 1 spiro atoms. The van der Waals surface area contributed by atoms with Crippen LogP contribution in [0.2, 0.25) is 0 Å². The van der Waals surface area contributed by atoms with Crippen LogP contribution in [0.5, 0.6) is 0 Å². The van der Waals surface area contributed by atoms with Gasteiger partial charge in [-0.1, -0.05) is 31.0 Å². The van der Waals surface area contributed by atoms with Crippen molar-refractivity contribution >= 4 is 28.3 Å². The Morgan fingerprint density at radius 2 is 2.15 bits per heavy atom. The summed E-state index contributed by atoms with van der Waals surface area (Å²) in [6.07, 6.45) is 8.01. The molecule has 0 saturated heterocycles. The van der Waals surface area contributed by atoms with Crippen molar-refractivity contribution in [3.05, 3.63) is 16.1 Å². The minimum atomic E-state index is 0.528. The van der Waals surface area contributed by atoms with Gasteiger partial charge in [0.15, 0.2) is 5.17 Å². The van der Waals surface area contributed by atoms with Crippen LogP contribution in [0.4, 0.5) is 0 Å². The standard InChI is InChI=1S/C15H23N3S2/c1-12-9-19-13(18-12)5-8-16-14-17-10-15(11-20-14)6-3-2-4-7-15/h9H,2-8,10-11H2,1H3,(H,16,17). The predicted molar refractivity (Wildman–Crippen MR) is 88.8 cm³/mol. The second-order valence-electron chi connectivity index (χ2n) is 6.03. The summed E-state index contributed by atoms with van der Waals surface area (Å²) < 4.78 is 0. The van der Waals surface area contributed by atoms with E-state index >= 15 is 0 Å². The second-order valence-corrected chi connectivity index (χ2v) is 7.94. The predicted octanol–water partition coefficient (Wildman–Crippen LogP) is 3.64. The van der Waals surface area contributed by atoms with Gasteiger partial charge < -0.3 is 5.32 Å². The fraction of sp³-hybridized carbons (Fsp3) is 0.733. The molecule has 2 aliphatic rings. The molecule has 0 bridgehead atoms. The van der Waals surface area contributed by atoms with Gasteiger partial charge in [-0.15, -0.1) is 11.3 Å². The SMILES string of the molecule is Cc1csc(CCNC2=NCC3(CCCCC3)CS2)n1. The minimum Gasteiger partial charge on any atom is -0.365 e. The Hall–Kier alpha value is -0.550. The molecule has 1 aromatic rings. The molecule has 5 heteroatoms.